The second-order valence-electron chi connectivity index (χ2n) is 5.41. The molecule has 0 aliphatic rings. The molecule has 0 aliphatic carbocycles. The van der Waals surface area contributed by atoms with Crippen LogP contribution in [0.2, 0.25) is 0 Å². The summed E-state index contributed by atoms with van der Waals surface area (Å²) in [5.41, 5.74) is 2.65. The third-order valence-corrected chi connectivity index (χ3v) is 3.67. The first-order valence-electron chi connectivity index (χ1n) is 7.63. The van der Waals surface area contributed by atoms with Gasteiger partial charge in [-0.25, -0.2) is 4.68 Å². The molecular formula is C18H18N4O3. The second-order valence-corrected chi connectivity index (χ2v) is 5.41. The number of benzene rings is 2. The minimum Gasteiger partial charge on any atom is -0.497 e. The van der Waals surface area contributed by atoms with Gasteiger partial charge in [0, 0.05) is 11.8 Å². The molecular weight excluding hydrogens is 320 g/mol. The topological polar surface area (TPSA) is 78.3 Å². The van der Waals surface area contributed by atoms with Crippen LogP contribution in [0.15, 0.2) is 48.7 Å². The molecule has 1 N–H and O–H groups in total. The molecule has 3 rings (SSSR count). The zero-order valence-electron chi connectivity index (χ0n) is 14.2. The van der Waals surface area contributed by atoms with Crippen LogP contribution in [0.3, 0.4) is 0 Å². The van der Waals surface area contributed by atoms with Gasteiger partial charge in [0.15, 0.2) is 5.69 Å². The zero-order chi connectivity index (χ0) is 17.8. The van der Waals surface area contributed by atoms with E-state index in [1.807, 2.05) is 31.2 Å². The van der Waals surface area contributed by atoms with Gasteiger partial charge in [-0.15, -0.1) is 5.10 Å². The van der Waals surface area contributed by atoms with Crippen molar-refractivity contribution in [3.05, 3.63) is 59.9 Å². The standard InChI is InChI=1S/C18H18N4O3/c1-12-4-6-13(7-5-12)19-18(23)15-11-22(21-20-15)16-10-14(24-2)8-9-17(16)25-3/h4-11H,1-3H3,(H,19,23). The predicted molar refractivity (Wildman–Crippen MR) is 93.6 cm³/mol. The number of anilines is 1. The first kappa shape index (κ1) is 16.5. The smallest absolute Gasteiger partial charge is 0.277 e. The van der Waals surface area contributed by atoms with E-state index in [2.05, 4.69) is 15.6 Å². The van der Waals surface area contributed by atoms with Crippen molar-refractivity contribution < 1.29 is 14.3 Å². The van der Waals surface area contributed by atoms with Crippen LogP contribution >= 0.6 is 0 Å². The first-order chi connectivity index (χ1) is 12.1. The minimum absolute atomic E-state index is 0.199. The molecule has 3 aromatic rings. The molecule has 0 radical (unpaired) electrons. The lowest BCUT2D eigenvalue weighted by atomic mass is 10.2. The number of hydrogen-bond donors (Lipinski definition) is 1. The maximum Gasteiger partial charge on any atom is 0.277 e. The van der Waals surface area contributed by atoms with E-state index in [1.54, 1.807) is 38.6 Å². The number of rotatable bonds is 5. The SMILES string of the molecule is COc1ccc(OC)c(-n2cc(C(=O)Nc3ccc(C)cc3)nn2)c1. The van der Waals surface area contributed by atoms with Crippen molar-refractivity contribution in [1.82, 2.24) is 15.0 Å². The summed E-state index contributed by atoms with van der Waals surface area (Å²) in [6, 6.07) is 12.8. The van der Waals surface area contributed by atoms with Gasteiger partial charge in [-0.05, 0) is 31.2 Å². The molecule has 0 spiro atoms. The molecule has 1 heterocycles. The van der Waals surface area contributed by atoms with E-state index in [0.717, 1.165) is 5.56 Å². The number of aryl methyl sites for hydroxylation is 1. The molecule has 0 aliphatic heterocycles. The van der Waals surface area contributed by atoms with Gasteiger partial charge in [-0.3, -0.25) is 4.79 Å². The molecule has 0 atom stereocenters. The monoisotopic (exact) mass is 338 g/mol. The van der Waals surface area contributed by atoms with Crippen LogP contribution in [-0.4, -0.2) is 35.1 Å². The van der Waals surface area contributed by atoms with Crippen molar-refractivity contribution in [2.75, 3.05) is 19.5 Å². The van der Waals surface area contributed by atoms with Gasteiger partial charge in [-0.2, -0.15) is 0 Å². The van der Waals surface area contributed by atoms with Crippen LogP contribution in [0.1, 0.15) is 16.1 Å². The van der Waals surface area contributed by atoms with Crippen molar-refractivity contribution in [3.8, 4) is 17.2 Å². The molecule has 2 aromatic carbocycles. The summed E-state index contributed by atoms with van der Waals surface area (Å²) in [5.74, 6) is 0.908. The highest BCUT2D eigenvalue weighted by Gasteiger charge is 2.14. The summed E-state index contributed by atoms with van der Waals surface area (Å²) in [4.78, 5) is 12.3. The lowest BCUT2D eigenvalue weighted by Gasteiger charge is -2.09. The predicted octanol–water partition coefficient (Wildman–Crippen LogP) is 2.85. The van der Waals surface area contributed by atoms with Crippen molar-refractivity contribution in [2.24, 2.45) is 0 Å². The molecule has 0 fully saturated rings. The van der Waals surface area contributed by atoms with Crippen molar-refractivity contribution >= 4 is 11.6 Å². The second kappa shape index (κ2) is 7.04. The normalized spacial score (nSPS) is 10.4. The van der Waals surface area contributed by atoms with Gasteiger partial charge >= 0.3 is 0 Å². The summed E-state index contributed by atoms with van der Waals surface area (Å²) >= 11 is 0. The average Bonchev–Trinajstić information content (AvgIpc) is 3.13. The van der Waals surface area contributed by atoms with Crippen LogP contribution in [0, 0.1) is 6.92 Å². The van der Waals surface area contributed by atoms with Crippen LogP contribution in [0.5, 0.6) is 11.5 Å². The molecule has 7 nitrogen and oxygen atoms in total. The van der Waals surface area contributed by atoms with E-state index in [1.165, 1.54) is 4.68 Å². The van der Waals surface area contributed by atoms with Crippen LogP contribution in [-0.2, 0) is 0 Å². The molecule has 25 heavy (non-hydrogen) atoms. The highest BCUT2D eigenvalue weighted by atomic mass is 16.5. The number of ether oxygens (including phenoxy) is 2. The van der Waals surface area contributed by atoms with Gasteiger partial charge < -0.3 is 14.8 Å². The number of hydrogen-bond acceptors (Lipinski definition) is 5. The molecule has 128 valence electrons. The number of aromatic nitrogens is 3. The van der Waals surface area contributed by atoms with Crippen molar-refractivity contribution in [2.45, 2.75) is 6.92 Å². The van der Waals surface area contributed by atoms with Gasteiger partial charge in [-0.1, -0.05) is 22.9 Å². The Labute approximate surface area is 145 Å². The first-order valence-corrected chi connectivity index (χ1v) is 7.63. The quantitative estimate of drug-likeness (QED) is 0.774. The summed E-state index contributed by atoms with van der Waals surface area (Å²) in [5, 5.41) is 10.7. The number of amides is 1. The number of nitrogens with zero attached hydrogens (tertiary/aromatic N) is 3. The van der Waals surface area contributed by atoms with Crippen molar-refractivity contribution in [1.29, 1.82) is 0 Å². The fourth-order valence-electron chi connectivity index (χ4n) is 2.29. The molecule has 0 unspecified atom stereocenters. The van der Waals surface area contributed by atoms with Gasteiger partial charge in [0.2, 0.25) is 0 Å². The Bertz CT molecular complexity index is 888. The lowest BCUT2D eigenvalue weighted by molar-refractivity contribution is 0.102. The fourth-order valence-corrected chi connectivity index (χ4v) is 2.29. The van der Waals surface area contributed by atoms with Crippen LogP contribution in [0.25, 0.3) is 5.69 Å². The average molecular weight is 338 g/mol. The molecule has 0 saturated heterocycles. The van der Waals surface area contributed by atoms with E-state index in [0.29, 0.717) is 22.9 Å². The van der Waals surface area contributed by atoms with Crippen LogP contribution < -0.4 is 14.8 Å². The minimum atomic E-state index is -0.336. The number of carbonyl (C=O) groups is 1. The molecule has 0 saturated carbocycles. The summed E-state index contributed by atoms with van der Waals surface area (Å²) in [6.07, 6.45) is 1.54. The Morgan fingerprint density at radius 2 is 1.84 bits per heavy atom. The zero-order valence-corrected chi connectivity index (χ0v) is 14.2. The Morgan fingerprint density at radius 1 is 1.08 bits per heavy atom. The van der Waals surface area contributed by atoms with Crippen molar-refractivity contribution in [3.63, 3.8) is 0 Å². The number of methoxy groups -OCH3 is 2. The third kappa shape index (κ3) is 3.60. The van der Waals surface area contributed by atoms with E-state index in [-0.39, 0.29) is 11.6 Å². The Kier molecular flexibility index (Phi) is 4.65. The molecule has 1 amide bonds. The Hall–Kier alpha value is -3.35. The van der Waals surface area contributed by atoms with Crippen LogP contribution in [0.4, 0.5) is 5.69 Å². The maximum absolute atomic E-state index is 12.3. The highest BCUT2D eigenvalue weighted by Crippen LogP contribution is 2.27. The van der Waals surface area contributed by atoms with E-state index < -0.39 is 0 Å². The number of carbonyl (C=O) groups excluding carboxylic acids is 1. The Balaban J connectivity index is 1.84. The highest BCUT2D eigenvalue weighted by molar-refractivity contribution is 6.02. The molecule has 1 aromatic heterocycles. The summed E-state index contributed by atoms with van der Waals surface area (Å²) in [6.45, 7) is 1.98. The lowest BCUT2D eigenvalue weighted by Crippen LogP contribution is -2.12. The summed E-state index contributed by atoms with van der Waals surface area (Å²) in [7, 11) is 3.14. The molecule has 0 bridgehead atoms. The van der Waals surface area contributed by atoms with E-state index in [4.69, 9.17) is 9.47 Å². The van der Waals surface area contributed by atoms with E-state index in [9.17, 15) is 4.79 Å². The van der Waals surface area contributed by atoms with Gasteiger partial charge in [0.25, 0.3) is 5.91 Å². The number of nitrogens with one attached hydrogen (secondary N) is 1. The molecule has 7 heteroatoms. The third-order valence-electron chi connectivity index (χ3n) is 3.67. The largest absolute Gasteiger partial charge is 0.497 e. The fraction of sp³-hybridized carbons (Fsp3) is 0.167. The van der Waals surface area contributed by atoms with Gasteiger partial charge in [0.05, 0.1) is 20.4 Å². The Morgan fingerprint density at radius 3 is 2.52 bits per heavy atom. The van der Waals surface area contributed by atoms with E-state index >= 15 is 0 Å². The summed E-state index contributed by atoms with van der Waals surface area (Å²) < 4.78 is 12.0. The maximum atomic E-state index is 12.3. The van der Waals surface area contributed by atoms with Gasteiger partial charge in [0.1, 0.15) is 17.2 Å².